The number of halogens is 4. The minimum atomic E-state index is -0.820. The molecule has 2 aromatic rings. The molecule has 2 heterocycles. The lowest BCUT2D eigenvalue weighted by Gasteiger charge is -2.37. The van der Waals surface area contributed by atoms with Crippen molar-refractivity contribution in [2.75, 3.05) is 18.0 Å². The second-order valence-electron chi connectivity index (χ2n) is 5.72. The molecule has 0 saturated carbocycles. The molecule has 0 aliphatic carbocycles. The van der Waals surface area contributed by atoms with E-state index in [9.17, 15) is 9.50 Å². The Hall–Kier alpha value is -0.690. The minimum Gasteiger partial charge on any atom is -0.388 e. The highest BCUT2D eigenvalue weighted by Crippen LogP contribution is 2.37. The molecule has 1 saturated heterocycles. The first-order chi connectivity index (χ1) is 10.3. The van der Waals surface area contributed by atoms with Crippen molar-refractivity contribution in [1.82, 2.24) is 9.97 Å². The predicted molar refractivity (Wildman–Crippen MR) is 89.3 cm³/mol. The van der Waals surface area contributed by atoms with Gasteiger partial charge in [0.25, 0.3) is 0 Å². The molecule has 1 N–H and O–H groups in total. The van der Waals surface area contributed by atoms with Gasteiger partial charge in [0.15, 0.2) is 5.82 Å². The Morgan fingerprint density at radius 3 is 2.82 bits per heavy atom. The molecule has 1 fully saturated rings. The fraction of sp³-hybridized carbons (Fsp3) is 0.429. The van der Waals surface area contributed by atoms with E-state index >= 15 is 0 Å². The molecule has 8 heteroatoms. The van der Waals surface area contributed by atoms with Crippen LogP contribution in [0.1, 0.15) is 19.8 Å². The van der Waals surface area contributed by atoms with Gasteiger partial charge >= 0.3 is 0 Å². The zero-order valence-electron chi connectivity index (χ0n) is 11.7. The van der Waals surface area contributed by atoms with Gasteiger partial charge in [-0.15, -0.1) is 0 Å². The molecule has 118 valence electrons. The summed E-state index contributed by atoms with van der Waals surface area (Å²) in [7, 11) is 0. The van der Waals surface area contributed by atoms with E-state index < -0.39 is 11.4 Å². The molecule has 0 bridgehead atoms. The van der Waals surface area contributed by atoms with Gasteiger partial charge in [0.1, 0.15) is 11.3 Å². The summed E-state index contributed by atoms with van der Waals surface area (Å²) >= 11 is 15.1. The maximum Gasteiger partial charge on any atom is 0.225 e. The summed E-state index contributed by atoms with van der Waals surface area (Å²) in [5.74, 6) is -0.0832. The number of benzene rings is 1. The molecule has 1 aliphatic heterocycles. The fourth-order valence-electron chi connectivity index (χ4n) is 2.77. The predicted octanol–water partition coefficient (Wildman–Crippen LogP) is 4.19. The van der Waals surface area contributed by atoms with Gasteiger partial charge in [-0.05, 0) is 53.4 Å². The van der Waals surface area contributed by atoms with Crippen molar-refractivity contribution in [2.24, 2.45) is 0 Å². The fourth-order valence-corrected chi connectivity index (χ4v) is 3.43. The van der Waals surface area contributed by atoms with Crippen molar-refractivity contribution in [1.29, 1.82) is 0 Å². The molecule has 1 aliphatic rings. The highest BCUT2D eigenvalue weighted by molar-refractivity contribution is 9.10. The third kappa shape index (κ3) is 2.89. The van der Waals surface area contributed by atoms with E-state index in [-0.39, 0.29) is 20.3 Å². The zero-order valence-corrected chi connectivity index (χ0v) is 14.8. The van der Waals surface area contributed by atoms with Crippen LogP contribution < -0.4 is 4.90 Å². The van der Waals surface area contributed by atoms with Crippen LogP contribution in [0.4, 0.5) is 10.2 Å². The summed E-state index contributed by atoms with van der Waals surface area (Å²) in [5.41, 5.74) is -0.712. The maximum atomic E-state index is 14.4. The lowest BCUT2D eigenvalue weighted by molar-refractivity contribution is 0.0448. The van der Waals surface area contributed by atoms with Crippen LogP contribution in [0.3, 0.4) is 0 Å². The molecular formula is C14H13BrCl2FN3O. The lowest BCUT2D eigenvalue weighted by atomic mass is 9.95. The van der Waals surface area contributed by atoms with Crippen LogP contribution in [0.25, 0.3) is 10.9 Å². The van der Waals surface area contributed by atoms with Crippen LogP contribution in [0, 0.1) is 5.82 Å². The van der Waals surface area contributed by atoms with Crippen LogP contribution in [0.5, 0.6) is 0 Å². The van der Waals surface area contributed by atoms with E-state index in [1.54, 1.807) is 13.0 Å². The van der Waals surface area contributed by atoms with Gasteiger partial charge in [0, 0.05) is 18.5 Å². The molecule has 0 radical (unpaired) electrons. The van der Waals surface area contributed by atoms with Gasteiger partial charge in [0.2, 0.25) is 5.28 Å². The molecule has 0 amide bonds. The molecule has 3 rings (SSSR count). The average Bonchev–Trinajstić information content (AvgIpc) is 2.44. The summed E-state index contributed by atoms with van der Waals surface area (Å²) < 4.78 is 14.5. The molecule has 1 atom stereocenters. The van der Waals surface area contributed by atoms with E-state index in [1.165, 1.54) is 0 Å². The van der Waals surface area contributed by atoms with Crippen LogP contribution >= 0.6 is 39.1 Å². The van der Waals surface area contributed by atoms with E-state index in [0.29, 0.717) is 30.7 Å². The van der Waals surface area contributed by atoms with Crippen molar-refractivity contribution in [3.63, 3.8) is 0 Å². The summed E-state index contributed by atoms with van der Waals surface area (Å²) in [4.78, 5) is 10.1. The Bertz CT molecular complexity index is 757. The monoisotopic (exact) mass is 407 g/mol. The Balaban J connectivity index is 2.21. The number of anilines is 1. The number of hydrogen-bond donors (Lipinski definition) is 1. The maximum absolute atomic E-state index is 14.4. The van der Waals surface area contributed by atoms with E-state index in [0.717, 1.165) is 6.42 Å². The van der Waals surface area contributed by atoms with Gasteiger partial charge < -0.3 is 10.0 Å². The van der Waals surface area contributed by atoms with E-state index in [1.807, 2.05) is 4.90 Å². The minimum absolute atomic E-state index is 0.0409. The number of nitrogens with zero attached hydrogens (tertiary/aromatic N) is 3. The first-order valence-corrected chi connectivity index (χ1v) is 8.31. The van der Waals surface area contributed by atoms with Gasteiger partial charge in [-0.1, -0.05) is 11.6 Å². The molecule has 0 unspecified atom stereocenters. The summed E-state index contributed by atoms with van der Waals surface area (Å²) in [5, 5.41) is 11.0. The number of β-amino-alcohol motifs (C(OH)–C–C–N with tert-alkyl or cyclic N) is 1. The molecule has 1 aromatic heterocycles. The molecule has 22 heavy (non-hydrogen) atoms. The quantitative estimate of drug-likeness (QED) is 0.567. The third-order valence-corrected chi connectivity index (χ3v) is 5.22. The Morgan fingerprint density at radius 1 is 1.41 bits per heavy atom. The topological polar surface area (TPSA) is 49.2 Å². The number of aromatic nitrogens is 2. The van der Waals surface area contributed by atoms with Crippen LogP contribution in [0.2, 0.25) is 10.3 Å². The van der Waals surface area contributed by atoms with Crippen molar-refractivity contribution in [2.45, 2.75) is 25.4 Å². The number of rotatable bonds is 1. The van der Waals surface area contributed by atoms with Crippen molar-refractivity contribution < 1.29 is 9.50 Å². The number of aliphatic hydroxyl groups is 1. The first-order valence-electron chi connectivity index (χ1n) is 6.76. The zero-order chi connectivity index (χ0) is 16.1. The standard InChI is InChI=1S/C14H13BrCl2FN3O/c1-14(22)3-2-4-21(6-14)12-7-5-8(16)9(15)10(18)11(7)19-13(17)20-12/h5,22H,2-4,6H2,1H3/t14-/m1/s1. The van der Waals surface area contributed by atoms with Crippen molar-refractivity contribution in [3.05, 3.63) is 26.7 Å². The largest absolute Gasteiger partial charge is 0.388 e. The molecular weight excluding hydrogens is 396 g/mol. The van der Waals surface area contributed by atoms with Crippen LogP contribution in [0.15, 0.2) is 10.5 Å². The Labute approximate surface area is 145 Å². The SMILES string of the molecule is C[C@@]1(O)CCCN(c2nc(Cl)nc3c(F)c(Br)c(Cl)cc23)C1. The van der Waals surface area contributed by atoms with Gasteiger partial charge in [-0.2, -0.15) is 4.98 Å². The molecule has 0 spiro atoms. The average molecular weight is 409 g/mol. The van der Waals surface area contributed by atoms with Crippen molar-refractivity contribution >= 4 is 55.9 Å². The number of fused-ring (bicyclic) bond motifs is 1. The third-order valence-electron chi connectivity index (χ3n) is 3.75. The van der Waals surface area contributed by atoms with Gasteiger partial charge in [-0.3, -0.25) is 0 Å². The summed E-state index contributed by atoms with van der Waals surface area (Å²) in [6.45, 7) is 2.87. The first kappa shape index (κ1) is 16.2. The van der Waals surface area contributed by atoms with Gasteiger partial charge in [0.05, 0.1) is 15.1 Å². The smallest absolute Gasteiger partial charge is 0.225 e. The Kier molecular flexibility index (Phi) is 4.22. The highest BCUT2D eigenvalue weighted by Gasteiger charge is 2.30. The second-order valence-corrected chi connectivity index (χ2v) is 7.26. The van der Waals surface area contributed by atoms with Gasteiger partial charge in [-0.25, -0.2) is 9.37 Å². The normalized spacial score (nSPS) is 22.4. The van der Waals surface area contributed by atoms with E-state index in [4.69, 9.17) is 23.2 Å². The van der Waals surface area contributed by atoms with Crippen LogP contribution in [-0.4, -0.2) is 33.8 Å². The summed E-state index contributed by atoms with van der Waals surface area (Å²) in [6, 6.07) is 1.61. The van der Waals surface area contributed by atoms with E-state index in [2.05, 4.69) is 25.9 Å². The Morgan fingerprint density at radius 2 is 2.14 bits per heavy atom. The van der Waals surface area contributed by atoms with Crippen molar-refractivity contribution in [3.8, 4) is 0 Å². The molecule has 1 aromatic carbocycles. The second kappa shape index (κ2) is 5.74. The molecule has 4 nitrogen and oxygen atoms in total. The lowest BCUT2D eigenvalue weighted by Crippen LogP contribution is -2.46. The number of piperidine rings is 1. The summed E-state index contributed by atoms with van der Waals surface area (Å²) in [6.07, 6.45) is 1.52. The number of hydrogen-bond acceptors (Lipinski definition) is 4. The van der Waals surface area contributed by atoms with Crippen LogP contribution in [-0.2, 0) is 0 Å². The highest BCUT2D eigenvalue weighted by atomic mass is 79.9.